The first-order chi connectivity index (χ1) is 6.88. The molecule has 0 radical (unpaired) electrons. The Morgan fingerprint density at radius 1 is 0.947 bits per heavy atom. The molecule has 1 aliphatic rings. The van der Waals surface area contributed by atoms with Crippen LogP contribution in [0.5, 0.6) is 0 Å². The van der Waals surface area contributed by atoms with Crippen LogP contribution >= 0.6 is 7.82 Å². The largest absolute Gasteiger partial charge is 0.466 e. The first-order valence-electron chi connectivity index (χ1n) is 4.24. The van der Waals surface area contributed by atoms with Crippen molar-refractivity contribution < 1.29 is 44.8 Å². The molecule has 0 saturated heterocycles. The molecular formula is C6H24N3O9P. The molecule has 1 fully saturated rings. The molecule has 0 bridgehead atoms. The van der Waals surface area contributed by atoms with E-state index in [0.717, 1.165) is 0 Å². The number of aliphatic hydroxyl groups is 5. The van der Waals surface area contributed by atoms with Crippen LogP contribution in [0, 0.1) is 0 Å². The minimum absolute atomic E-state index is 0. The topological polar surface area (TPSA) is 284 Å². The van der Waals surface area contributed by atoms with Gasteiger partial charge >= 0.3 is 7.82 Å². The van der Waals surface area contributed by atoms with E-state index < -0.39 is 25.5 Å². The Balaban J connectivity index is -0.000000125. The van der Waals surface area contributed by atoms with Crippen molar-refractivity contribution in [1.82, 2.24) is 18.5 Å². The number of hydrogen-bond acceptors (Lipinski definition) is 9. The summed E-state index contributed by atoms with van der Waals surface area (Å²) in [5, 5.41) is 44.8. The molecule has 0 aromatic carbocycles. The van der Waals surface area contributed by atoms with Crippen molar-refractivity contribution in [3.05, 3.63) is 0 Å². The second-order valence-electron chi connectivity index (χ2n) is 3.46. The minimum atomic E-state index is -4.64. The molecular weight excluding hydrogens is 289 g/mol. The number of hydrogen-bond donors (Lipinski definition) is 11. The standard InChI is InChI=1S/C6H12O5.3H3N.H3O4P/c7-4-2-1-3-5(8,9)6(4,10)11;;;;1-5(2,3)4/h4,7-11H,1-3H2;3*1H3;(H3,1,2,3,4). The summed E-state index contributed by atoms with van der Waals surface area (Å²) < 4.78 is 8.88. The van der Waals surface area contributed by atoms with Crippen molar-refractivity contribution in [3.63, 3.8) is 0 Å². The van der Waals surface area contributed by atoms with Gasteiger partial charge in [0, 0.05) is 6.42 Å². The second-order valence-corrected chi connectivity index (χ2v) is 4.49. The van der Waals surface area contributed by atoms with Gasteiger partial charge in [0.1, 0.15) is 6.10 Å². The van der Waals surface area contributed by atoms with Gasteiger partial charge in [-0.2, -0.15) is 0 Å². The number of phosphoric acid groups is 1. The molecule has 13 heteroatoms. The average Bonchev–Trinajstić information content (AvgIpc) is 1.97. The smallest absolute Gasteiger partial charge is 0.387 e. The average molecular weight is 313 g/mol. The van der Waals surface area contributed by atoms with E-state index in [1.807, 2.05) is 0 Å². The van der Waals surface area contributed by atoms with Crippen LogP contribution < -0.4 is 18.5 Å². The van der Waals surface area contributed by atoms with E-state index in [1.54, 1.807) is 0 Å². The zero-order valence-electron chi connectivity index (χ0n) is 10.3. The Bertz CT molecular complexity index is 273. The van der Waals surface area contributed by atoms with E-state index in [9.17, 15) is 0 Å². The zero-order chi connectivity index (χ0) is 13.2. The lowest BCUT2D eigenvalue weighted by Gasteiger charge is -2.41. The van der Waals surface area contributed by atoms with Crippen molar-refractivity contribution >= 4 is 7.82 Å². The molecule has 17 N–H and O–H groups in total. The van der Waals surface area contributed by atoms with Gasteiger partial charge in [-0.15, -0.1) is 0 Å². The second kappa shape index (κ2) is 8.86. The minimum Gasteiger partial charge on any atom is -0.387 e. The third-order valence-corrected chi connectivity index (χ3v) is 2.06. The highest BCUT2D eigenvalue weighted by Gasteiger charge is 2.54. The lowest BCUT2D eigenvalue weighted by atomic mass is 9.86. The fourth-order valence-corrected chi connectivity index (χ4v) is 1.19. The molecule has 1 unspecified atom stereocenters. The molecule has 0 aromatic rings. The van der Waals surface area contributed by atoms with Crippen molar-refractivity contribution in [2.45, 2.75) is 36.9 Å². The highest BCUT2D eigenvalue weighted by Crippen LogP contribution is 2.33. The van der Waals surface area contributed by atoms with E-state index >= 15 is 0 Å². The molecule has 1 saturated carbocycles. The highest BCUT2D eigenvalue weighted by atomic mass is 31.2. The molecule has 0 aliphatic heterocycles. The summed E-state index contributed by atoms with van der Waals surface area (Å²) in [6.45, 7) is 0. The van der Waals surface area contributed by atoms with Crippen LogP contribution in [0.4, 0.5) is 0 Å². The Labute approximate surface area is 109 Å². The Morgan fingerprint density at radius 3 is 1.47 bits per heavy atom. The Morgan fingerprint density at radius 2 is 1.26 bits per heavy atom. The van der Waals surface area contributed by atoms with Crippen LogP contribution in [0.15, 0.2) is 0 Å². The van der Waals surface area contributed by atoms with Gasteiger partial charge in [0.25, 0.3) is 0 Å². The van der Waals surface area contributed by atoms with Crippen molar-refractivity contribution in [1.29, 1.82) is 0 Å². The van der Waals surface area contributed by atoms with Crippen LogP contribution in [-0.4, -0.2) is 57.9 Å². The maximum atomic E-state index is 8.98. The molecule has 0 heterocycles. The summed E-state index contributed by atoms with van der Waals surface area (Å²) in [4.78, 5) is 21.6. The summed E-state index contributed by atoms with van der Waals surface area (Å²) in [5.74, 6) is -5.39. The molecule has 1 aliphatic carbocycles. The van der Waals surface area contributed by atoms with Gasteiger partial charge in [-0.05, 0) is 12.8 Å². The maximum Gasteiger partial charge on any atom is 0.466 e. The van der Waals surface area contributed by atoms with E-state index in [0.29, 0.717) is 6.42 Å². The number of aliphatic hydroxyl groups excluding tert-OH is 1. The van der Waals surface area contributed by atoms with E-state index in [-0.39, 0.29) is 31.3 Å². The molecule has 12 nitrogen and oxygen atoms in total. The summed E-state index contributed by atoms with van der Waals surface area (Å²) in [5.41, 5.74) is 0. The molecule has 0 amide bonds. The molecule has 0 aromatic heterocycles. The zero-order valence-corrected chi connectivity index (χ0v) is 11.1. The highest BCUT2D eigenvalue weighted by molar-refractivity contribution is 7.45. The summed E-state index contributed by atoms with van der Waals surface area (Å²) in [6, 6.07) is 0. The normalized spacial score (nSPS) is 23.5. The van der Waals surface area contributed by atoms with Crippen LogP contribution in [0.2, 0.25) is 0 Å². The van der Waals surface area contributed by atoms with E-state index in [4.69, 9.17) is 44.8 Å². The van der Waals surface area contributed by atoms with Gasteiger partial charge in [0.2, 0.25) is 11.6 Å². The predicted octanol–water partition coefficient (Wildman–Crippen LogP) is -2.55. The molecule has 122 valence electrons. The van der Waals surface area contributed by atoms with Crippen LogP contribution in [0.25, 0.3) is 0 Å². The third kappa shape index (κ3) is 9.34. The van der Waals surface area contributed by atoms with Crippen molar-refractivity contribution in [3.8, 4) is 0 Å². The Hall–Kier alpha value is -0.210. The van der Waals surface area contributed by atoms with Gasteiger partial charge in [0.05, 0.1) is 0 Å². The SMILES string of the molecule is N.N.N.O=P(O)(O)O.OC1CCCC(O)(O)C1(O)O. The molecule has 1 atom stereocenters. The van der Waals surface area contributed by atoms with Gasteiger partial charge in [-0.25, -0.2) is 4.57 Å². The van der Waals surface area contributed by atoms with Gasteiger partial charge in [0.15, 0.2) is 0 Å². The quantitative estimate of drug-likeness (QED) is 0.163. The first-order valence-corrected chi connectivity index (χ1v) is 5.80. The summed E-state index contributed by atoms with van der Waals surface area (Å²) in [7, 11) is -4.64. The van der Waals surface area contributed by atoms with E-state index in [2.05, 4.69) is 0 Å². The van der Waals surface area contributed by atoms with Gasteiger partial charge in [-0.3, -0.25) is 0 Å². The lowest BCUT2D eigenvalue weighted by Crippen LogP contribution is -2.63. The first kappa shape index (κ1) is 27.2. The molecule has 19 heavy (non-hydrogen) atoms. The molecule has 1 rings (SSSR count). The summed E-state index contributed by atoms with van der Waals surface area (Å²) >= 11 is 0. The molecule has 0 spiro atoms. The monoisotopic (exact) mass is 313 g/mol. The lowest BCUT2D eigenvalue weighted by molar-refractivity contribution is -0.397. The maximum absolute atomic E-state index is 8.98. The van der Waals surface area contributed by atoms with Gasteiger partial charge in [-0.1, -0.05) is 0 Å². The number of rotatable bonds is 0. The van der Waals surface area contributed by atoms with Crippen LogP contribution in [0.1, 0.15) is 19.3 Å². The van der Waals surface area contributed by atoms with Crippen molar-refractivity contribution in [2.24, 2.45) is 0 Å². The fourth-order valence-electron chi connectivity index (χ4n) is 1.19. The van der Waals surface area contributed by atoms with Crippen LogP contribution in [-0.2, 0) is 4.57 Å². The van der Waals surface area contributed by atoms with Crippen LogP contribution in [0.3, 0.4) is 0 Å². The van der Waals surface area contributed by atoms with Gasteiger partial charge < -0.3 is 58.7 Å². The third-order valence-electron chi connectivity index (χ3n) is 2.06. The van der Waals surface area contributed by atoms with E-state index in [1.165, 1.54) is 0 Å². The Kier molecular flexibility index (Phi) is 12.7. The summed E-state index contributed by atoms with van der Waals surface area (Å²) in [6.07, 6.45) is -1.12. The fraction of sp³-hybridized carbons (Fsp3) is 1.00. The predicted molar refractivity (Wildman–Crippen MR) is 63.5 cm³/mol. The van der Waals surface area contributed by atoms with Crippen molar-refractivity contribution in [2.75, 3.05) is 0 Å².